The molecule has 2 aliphatic heterocycles. The molecule has 28 heavy (non-hydrogen) atoms. The summed E-state index contributed by atoms with van der Waals surface area (Å²) in [5, 5.41) is 0. The van der Waals surface area contributed by atoms with Crippen LogP contribution in [0.4, 0.5) is 13.2 Å². The number of likely N-dealkylation sites (tertiary alicyclic amines) is 2. The highest BCUT2D eigenvalue weighted by Gasteiger charge is 2.34. The summed E-state index contributed by atoms with van der Waals surface area (Å²) < 4.78 is 43.4. The number of aromatic nitrogens is 1. The largest absolute Gasteiger partial charge is 0.477 e. The van der Waals surface area contributed by atoms with Gasteiger partial charge in [-0.05, 0) is 24.8 Å². The molecule has 1 aromatic heterocycles. The Morgan fingerprint density at radius 3 is 2.39 bits per heavy atom. The van der Waals surface area contributed by atoms with Crippen LogP contribution in [0, 0.1) is 5.92 Å². The number of piperidine rings is 1. The first kappa shape index (κ1) is 20.1. The summed E-state index contributed by atoms with van der Waals surface area (Å²) in [4.78, 5) is 41.6. The molecule has 0 aromatic carbocycles. The van der Waals surface area contributed by atoms with Crippen LogP contribution in [0.15, 0.2) is 18.2 Å². The molecule has 3 heterocycles. The molecule has 0 bridgehead atoms. The smallest absolute Gasteiger partial charge is 0.433 e. The molecule has 7 nitrogen and oxygen atoms in total. The highest BCUT2D eigenvalue weighted by atomic mass is 19.4. The number of nitrogens with zero attached hydrogens (tertiary/aromatic N) is 3. The molecule has 1 aromatic rings. The van der Waals surface area contributed by atoms with Gasteiger partial charge in [0.1, 0.15) is 12.2 Å². The molecule has 2 fully saturated rings. The van der Waals surface area contributed by atoms with E-state index in [-0.39, 0.29) is 55.5 Å². The van der Waals surface area contributed by atoms with Gasteiger partial charge in [-0.3, -0.25) is 19.3 Å². The third-order valence-corrected chi connectivity index (χ3v) is 4.90. The van der Waals surface area contributed by atoms with E-state index in [1.54, 1.807) is 4.90 Å². The highest BCUT2D eigenvalue weighted by Crippen LogP contribution is 2.29. The number of ether oxygens (including phenoxy) is 1. The molecular weight excluding hydrogens is 379 g/mol. The summed E-state index contributed by atoms with van der Waals surface area (Å²) in [5.41, 5.74) is -1.00. The number of amides is 3. The molecule has 0 unspecified atom stereocenters. The van der Waals surface area contributed by atoms with E-state index >= 15 is 0 Å². The van der Waals surface area contributed by atoms with Crippen LogP contribution in [0.3, 0.4) is 0 Å². The van der Waals surface area contributed by atoms with E-state index < -0.39 is 11.9 Å². The zero-order valence-corrected chi connectivity index (χ0v) is 15.1. The van der Waals surface area contributed by atoms with Crippen LogP contribution in [0.2, 0.25) is 0 Å². The van der Waals surface area contributed by atoms with Crippen LogP contribution in [0.1, 0.15) is 31.4 Å². The van der Waals surface area contributed by atoms with Gasteiger partial charge in [0.15, 0.2) is 0 Å². The zero-order valence-electron chi connectivity index (χ0n) is 15.1. The fraction of sp³-hybridized carbons (Fsp3) is 0.556. The van der Waals surface area contributed by atoms with Crippen molar-refractivity contribution in [2.75, 3.05) is 26.2 Å². The van der Waals surface area contributed by atoms with Crippen molar-refractivity contribution in [2.24, 2.45) is 5.92 Å². The predicted molar refractivity (Wildman–Crippen MR) is 90.0 cm³/mol. The van der Waals surface area contributed by atoms with Crippen LogP contribution >= 0.6 is 0 Å². The van der Waals surface area contributed by atoms with E-state index in [2.05, 4.69) is 4.98 Å². The summed E-state index contributed by atoms with van der Waals surface area (Å²) in [6.45, 7) is 0.866. The minimum Gasteiger partial charge on any atom is -0.477 e. The van der Waals surface area contributed by atoms with Gasteiger partial charge in [0, 0.05) is 32.0 Å². The molecule has 3 rings (SSSR count). The summed E-state index contributed by atoms with van der Waals surface area (Å²) >= 11 is 0. The number of carbonyl (C=O) groups is 3. The molecular formula is C18H20F3N3O4. The Hall–Kier alpha value is -2.65. The van der Waals surface area contributed by atoms with Crippen LogP contribution in [-0.2, 0) is 20.6 Å². The average Bonchev–Trinajstić information content (AvgIpc) is 2.98. The summed E-state index contributed by atoms with van der Waals surface area (Å²) in [6, 6.07) is 3.50. The van der Waals surface area contributed by atoms with Crippen LogP contribution < -0.4 is 4.74 Å². The number of alkyl halides is 3. The molecule has 2 saturated heterocycles. The van der Waals surface area contributed by atoms with Gasteiger partial charge in [0.25, 0.3) is 0 Å². The lowest BCUT2D eigenvalue weighted by Crippen LogP contribution is -2.46. The van der Waals surface area contributed by atoms with Crippen LogP contribution in [-0.4, -0.2) is 58.7 Å². The molecule has 152 valence electrons. The quantitative estimate of drug-likeness (QED) is 0.707. The summed E-state index contributed by atoms with van der Waals surface area (Å²) in [6.07, 6.45) is -2.99. The van der Waals surface area contributed by atoms with Gasteiger partial charge in [-0.15, -0.1) is 0 Å². The lowest BCUT2D eigenvalue weighted by molar-refractivity contribution is -0.146. The minimum absolute atomic E-state index is 0.0791. The number of halogens is 3. The van der Waals surface area contributed by atoms with E-state index in [4.69, 9.17) is 4.74 Å². The first-order valence-electron chi connectivity index (χ1n) is 9.02. The van der Waals surface area contributed by atoms with Crippen molar-refractivity contribution in [3.63, 3.8) is 0 Å². The van der Waals surface area contributed by atoms with Crippen LogP contribution in [0.25, 0.3) is 0 Å². The molecule has 3 amide bonds. The third-order valence-electron chi connectivity index (χ3n) is 4.90. The SMILES string of the molecule is O=C(CN1C(=O)CCC1=O)N1CCC(COc2cccc(C(F)(F)F)n2)CC1. The first-order valence-corrected chi connectivity index (χ1v) is 9.02. The van der Waals surface area contributed by atoms with E-state index in [1.165, 1.54) is 12.1 Å². The predicted octanol–water partition coefficient (Wildman–Crippen LogP) is 1.87. The number of imide groups is 1. The van der Waals surface area contributed by atoms with E-state index in [0.717, 1.165) is 11.0 Å². The van der Waals surface area contributed by atoms with Gasteiger partial charge in [-0.25, -0.2) is 4.98 Å². The number of hydrogen-bond donors (Lipinski definition) is 0. The second kappa shape index (κ2) is 8.15. The van der Waals surface area contributed by atoms with Crippen LogP contribution in [0.5, 0.6) is 5.88 Å². The van der Waals surface area contributed by atoms with Crippen molar-refractivity contribution in [1.82, 2.24) is 14.8 Å². The first-order chi connectivity index (χ1) is 13.2. The number of hydrogen-bond acceptors (Lipinski definition) is 5. The van der Waals surface area contributed by atoms with Gasteiger partial charge in [-0.2, -0.15) is 13.2 Å². The standard InChI is InChI=1S/C18H20F3N3O4/c19-18(20,21)13-2-1-3-14(22-13)28-11-12-6-8-23(9-7-12)17(27)10-24-15(25)4-5-16(24)26/h1-3,12H,4-11H2. The molecule has 0 N–H and O–H groups in total. The molecule has 0 saturated carbocycles. The summed E-state index contributed by atoms with van der Waals surface area (Å²) in [5.74, 6) is -0.928. The van der Waals surface area contributed by atoms with Crippen molar-refractivity contribution in [3.05, 3.63) is 23.9 Å². The topological polar surface area (TPSA) is 79.8 Å². The van der Waals surface area contributed by atoms with Crippen molar-refractivity contribution >= 4 is 17.7 Å². The Morgan fingerprint density at radius 1 is 1.14 bits per heavy atom. The molecule has 10 heteroatoms. The van der Waals surface area contributed by atoms with Crippen molar-refractivity contribution in [1.29, 1.82) is 0 Å². The van der Waals surface area contributed by atoms with E-state index in [9.17, 15) is 27.6 Å². The lowest BCUT2D eigenvalue weighted by atomic mass is 9.98. The Bertz CT molecular complexity index is 745. The average molecular weight is 399 g/mol. The second-order valence-corrected chi connectivity index (χ2v) is 6.87. The fourth-order valence-electron chi connectivity index (χ4n) is 3.24. The van der Waals surface area contributed by atoms with Crippen molar-refractivity contribution in [3.8, 4) is 5.88 Å². The lowest BCUT2D eigenvalue weighted by Gasteiger charge is -2.32. The Balaban J connectivity index is 1.45. The molecule has 0 spiro atoms. The molecule has 0 atom stereocenters. The highest BCUT2D eigenvalue weighted by molar-refractivity contribution is 6.04. The maximum Gasteiger partial charge on any atom is 0.433 e. The number of pyridine rings is 1. The Kier molecular flexibility index (Phi) is 5.85. The maximum absolute atomic E-state index is 12.7. The summed E-state index contributed by atoms with van der Waals surface area (Å²) in [7, 11) is 0. The van der Waals surface area contributed by atoms with Gasteiger partial charge >= 0.3 is 6.18 Å². The van der Waals surface area contributed by atoms with Gasteiger partial charge < -0.3 is 9.64 Å². The van der Waals surface area contributed by atoms with E-state index in [0.29, 0.717) is 25.9 Å². The number of carbonyl (C=O) groups excluding carboxylic acids is 3. The van der Waals surface area contributed by atoms with Gasteiger partial charge in [0.05, 0.1) is 6.61 Å². The Morgan fingerprint density at radius 2 is 1.79 bits per heavy atom. The monoisotopic (exact) mass is 399 g/mol. The third kappa shape index (κ3) is 4.79. The number of rotatable bonds is 5. The fourth-order valence-corrected chi connectivity index (χ4v) is 3.24. The van der Waals surface area contributed by atoms with E-state index in [1.807, 2.05) is 0 Å². The van der Waals surface area contributed by atoms with Crippen molar-refractivity contribution in [2.45, 2.75) is 31.9 Å². The van der Waals surface area contributed by atoms with Gasteiger partial charge in [-0.1, -0.05) is 6.07 Å². The molecule has 0 radical (unpaired) electrons. The normalized spacial score (nSPS) is 18.7. The second-order valence-electron chi connectivity index (χ2n) is 6.87. The molecule has 0 aliphatic carbocycles. The Labute approximate surface area is 159 Å². The molecule has 2 aliphatic rings. The zero-order chi connectivity index (χ0) is 20.3. The minimum atomic E-state index is -4.52. The maximum atomic E-state index is 12.7. The van der Waals surface area contributed by atoms with Gasteiger partial charge in [0.2, 0.25) is 23.6 Å². The van der Waals surface area contributed by atoms with Crippen molar-refractivity contribution < 1.29 is 32.3 Å².